The highest BCUT2D eigenvalue weighted by Gasteiger charge is 2.19. The van der Waals surface area contributed by atoms with Crippen LogP contribution in [0.2, 0.25) is 0 Å². The highest BCUT2D eigenvalue weighted by molar-refractivity contribution is 5.92. The molecule has 1 amide bonds. The molecule has 1 heterocycles. The van der Waals surface area contributed by atoms with Crippen LogP contribution < -0.4 is 5.32 Å². The van der Waals surface area contributed by atoms with E-state index in [4.69, 9.17) is 5.11 Å². The lowest BCUT2D eigenvalue weighted by molar-refractivity contribution is -0.117. The second kappa shape index (κ2) is 8.60. The van der Waals surface area contributed by atoms with Gasteiger partial charge in [-0.2, -0.15) is 0 Å². The predicted molar refractivity (Wildman–Crippen MR) is 100 cm³/mol. The number of benzene rings is 2. The van der Waals surface area contributed by atoms with Crippen molar-refractivity contribution in [3.8, 4) is 0 Å². The van der Waals surface area contributed by atoms with Crippen LogP contribution in [-0.2, 0) is 11.3 Å². The van der Waals surface area contributed by atoms with Gasteiger partial charge in [-0.05, 0) is 29.8 Å². The van der Waals surface area contributed by atoms with E-state index in [1.807, 2.05) is 42.5 Å². The van der Waals surface area contributed by atoms with Gasteiger partial charge in [0, 0.05) is 38.4 Å². The van der Waals surface area contributed by atoms with Crippen molar-refractivity contribution in [2.75, 3.05) is 38.0 Å². The van der Waals surface area contributed by atoms with Crippen LogP contribution in [0.1, 0.15) is 15.9 Å². The quantitative estimate of drug-likeness (QED) is 0.832. The van der Waals surface area contributed by atoms with Crippen molar-refractivity contribution < 1.29 is 14.7 Å². The first-order valence-electron chi connectivity index (χ1n) is 8.72. The molecule has 0 radical (unpaired) electrons. The van der Waals surface area contributed by atoms with Crippen LogP contribution in [0.5, 0.6) is 0 Å². The van der Waals surface area contributed by atoms with Gasteiger partial charge in [-0.3, -0.25) is 14.6 Å². The number of hydrogen-bond donors (Lipinski definition) is 2. The fourth-order valence-corrected chi connectivity index (χ4v) is 3.04. The molecule has 0 bridgehead atoms. The zero-order chi connectivity index (χ0) is 18.4. The van der Waals surface area contributed by atoms with Crippen LogP contribution in [0.15, 0.2) is 54.6 Å². The Morgan fingerprint density at radius 3 is 2.12 bits per heavy atom. The molecule has 1 fully saturated rings. The summed E-state index contributed by atoms with van der Waals surface area (Å²) in [7, 11) is 0. The van der Waals surface area contributed by atoms with E-state index in [9.17, 15) is 9.59 Å². The Labute approximate surface area is 153 Å². The first-order chi connectivity index (χ1) is 12.6. The van der Waals surface area contributed by atoms with E-state index in [0.717, 1.165) is 44.0 Å². The minimum atomic E-state index is -0.904. The molecule has 1 saturated heterocycles. The lowest BCUT2D eigenvalue weighted by atomic mass is 10.1. The standard InChI is InChI=1S/C20H23N3O3/c24-19(21-18-4-2-1-3-5-18)15-23-12-10-22(11-13-23)14-16-6-8-17(9-7-16)20(25)26/h1-9H,10-15H2,(H,21,24)(H,25,26). The van der Waals surface area contributed by atoms with Crippen LogP contribution in [0.3, 0.4) is 0 Å². The highest BCUT2D eigenvalue weighted by Crippen LogP contribution is 2.11. The molecule has 0 spiro atoms. The summed E-state index contributed by atoms with van der Waals surface area (Å²) in [6.07, 6.45) is 0. The number of aromatic carboxylic acids is 1. The predicted octanol–water partition coefficient (Wildman–Crippen LogP) is 2.14. The molecule has 6 heteroatoms. The largest absolute Gasteiger partial charge is 0.478 e. The van der Waals surface area contributed by atoms with Gasteiger partial charge in [-0.15, -0.1) is 0 Å². The van der Waals surface area contributed by atoms with Gasteiger partial charge in [0.25, 0.3) is 0 Å². The second-order valence-electron chi connectivity index (χ2n) is 6.47. The molecule has 26 heavy (non-hydrogen) atoms. The number of rotatable bonds is 6. The highest BCUT2D eigenvalue weighted by atomic mass is 16.4. The third-order valence-electron chi connectivity index (χ3n) is 4.50. The van der Waals surface area contributed by atoms with Crippen molar-refractivity contribution in [2.45, 2.75) is 6.54 Å². The fraction of sp³-hybridized carbons (Fsp3) is 0.300. The van der Waals surface area contributed by atoms with Gasteiger partial charge >= 0.3 is 5.97 Å². The summed E-state index contributed by atoms with van der Waals surface area (Å²) in [5, 5.41) is 11.9. The molecular weight excluding hydrogens is 330 g/mol. The summed E-state index contributed by atoms with van der Waals surface area (Å²) in [5.41, 5.74) is 2.23. The monoisotopic (exact) mass is 353 g/mol. The van der Waals surface area contributed by atoms with Gasteiger partial charge in [0.05, 0.1) is 12.1 Å². The Hall–Kier alpha value is -2.70. The van der Waals surface area contributed by atoms with Crippen LogP contribution >= 0.6 is 0 Å². The topological polar surface area (TPSA) is 72.9 Å². The third-order valence-corrected chi connectivity index (χ3v) is 4.50. The molecule has 136 valence electrons. The maximum atomic E-state index is 12.1. The third kappa shape index (κ3) is 5.15. The zero-order valence-electron chi connectivity index (χ0n) is 14.6. The Morgan fingerprint density at radius 1 is 0.885 bits per heavy atom. The maximum absolute atomic E-state index is 12.1. The van der Waals surface area contributed by atoms with E-state index in [1.165, 1.54) is 0 Å². The van der Waals surface area contributed by atoms with Crippen LogP contribution in [0.4, 0.5) is 5.69 Å². The van der Waals surface area contributed by atoms with Crippen LogP contribution in [0.25, 0.3) is 0 Å². The molecule has 3 rings (SSSR count). The molecule has 2 aromatic carbocycles. The molecule has 1 aliphatic rings. The molecule has 2 aromatic rings. The zero-order valence-corrected chi connectivity index (χ0v) is 14.6. The molecule has 0 atom stereocenters. The van der Waals surface area contributed by atoms with Crippen molar-refractivity contribution in [1.82, 2.24) is 9.80 Å². The molecule has 2 N–H and O–H groups in total. The normalized spacial score (nSPS) is 15.5. The summed E-state index contributed by atoms with van der Waals surface area (Å²) in [5.74, 6) is -0.896. The Bertz CT molecular complexity index is 739. The molecule has 0 aliphatic carbocycles. The van der Waals surface area contributed by atoms with Crippen molar-refractivity contribution >= 4 is 17.6 Å². The summed E-state index contributed by atoms with van der Waals surface area (Å²) in [4.78, 5) is 27.5. The number of carbonyl (C=O) groups is 2. The lowest BCUT2D eigenvalue weighted by Gasteiger charge is -2.34. The van der Waals surface area contributed by atoms with Crippen molar-refractivity contribution in [2.24, 2.45) is 0 Å². The number of hydrogen-bond acceptors (Lipinski definition) is 4. The first kappa shape index (κ1) is 18.1. The Balaban J connectivity index is 1.42. The molecule has 0 aromatic heterocycles. The van der Waals surface area contributed by atoms with Gasteiger partial charge in [-0.25, -0.2) is 4.79 Å². The van der Waals surface area contributed by atoms with Crippen LogP contribution in [0, 0.1) is 0 Å². The molecule has 1 aliphatic heterocycles. The van der Waals surface area contributed by atoms with Gasteiger partial charge in [0.2, 0.25) is 5.91 Å². The van der Waals surface area contributed by atoms with Crippen molar-refractivity contribution in [3.05, 3.63) is 65.7 Å². The summed E-state index contributed by atoms with van der Waals surface area (Å²) < 4.78 is 0. The summed E-state index contributed by atoms with van der Waals surface area (Å²) in [6, 6.07) is 16.5. The van der Waals surface area contributed by atoms with Gasteiger partial charge in [-0.1, -0.05) is 30.3 Å². The summed E-state index contributed by atoms with van der Waals surface area (Å²) >= 11 is 0. The van der Waals surface area contributed by atoms with E-state index in [0.29, 0.717) is 12.1 Å². The van der Waals surface area contributed by atoms with E-state index in [1.54, 1.807) is 12.1 Å². The number of piperazine rings is 1. The number of anilines is 1. The second-order valence-corrected chi connectivity index (χ2v) is 6.47. The van der Waals surface area contributed by atoms with Gasteiger partial charge < -0.3 is 10.4 Å². The molecule has 0 unspecified atom stereocenters. The average molecular weight is 353 g/mol. The Kier molecular flexibility index (Phi) is 5.99. The minimum Gasteiger partial charge on any atom is -0.478 e. The van der Waals surface area contributed by atoms with Crippen molar-refractivity contribution in [1.29, 1.82) is 0 Å². The van der Waals surface area contributed by atoms with Gasteiger partial charge in [0.15, 0.2) is 0 Å². The molecule has 0 saturated carbocycles. The Morgan fingerprint density at radius 2 is 1.50 bits per heavy atom. The number of nitrogens with one attached hydrogen (secondary N) is 1. The number of para-hydroxylation sites is 1. The SMILES string of the molecule is O=C(CN1CCN(Cc2ccc(C(=O)O)cc2)CC1)Nc1ccccc1. The van der Waals surface area contributed by atoms with E-state index >= 15 is 0 Å². The minimum absolute atomic E-state index is 0.00825. The lowest BCUT2D eigenvalue weighted by Crippen LogP contribution is -2.48. The van der Waals surface area contributed by atoms with Crippen LogP contribution in [-0.4, -0.2) is 59.5 Å². The number of carbonyl (C=O) groups excluding carboxylic acids is 1. The number of carboxylic acid groups (broad SMARTS) is 1. The summed E-state index contributed by atoms with van der Waals surface area (Å²) in [6.45, 7) is 4.66. The number of amides is 1. The molecular formula is C20H23N3O3. The van der Waals surface area contributed by atoms with Gasteiger partial charge in [0.1, 0.15) is 0 Å². The fourth-order valence-electron chi connectivity index (χ4n) is 3.04. The van der Waals surface area contributed by atoms with Crippen molar-refractivity contribution in [3.63, 3.8) is 0 Å². The van der Waals surface area contributed by atoms with E-state index in [2.05, 4.69) is 15.1 Å². The average Bonchev–Trinajstić information content (AvgIpc) is 2.64. The van der Waals surface area contributed by atoms with E-state index in [-0.39, 0.29) is 5.91 Å². The number of nitrogens with zero attached hydrogens (tertiary/aromatic N) is 2. The maximum Gasteiger partial charge on any atom is 0.335 e. The first-order valence-corrected chi connectivity index (χ1v) is 8.72. The smallest absolute Gasteiger partial charge is 0.335 e. The van der Waals surface area contributed by atoms with E-state index < -0.39 is 5.97 Å². The number of carboxylic acids is 1. The molecule has 6 nitrogen and oxygen atoms in total.